The standard InChI is InChI=1S/C16H14FN3O3S/c1-20-14(11-5-3-4-6-12(11)17)18-19-16(20)24-9-10-7-8-23-13(10)15(21)22-2/h3-8H,9H2,1-2H3. The van der Waals surface area contributed by atoms with Crippen LogP contribution in [0, 0.1) is 5.82 Å². The first kappa shape index (κ1) is 16.3. The Morgan fingerprint density at radius 2 is 2.12 bits per heavy atom. The molecule has 0 radical (unpaired) electrons. The molecule has 0 aliphatic heterocycles. The summed E-state index contributed by atoms with van der Waals surface area (Å²) in [6, 6.07) is 8.10. The lowest BCUT2D eigenvalue weighted by molar-refractivity contribution is 0.0564. The van der Waals surface area contributed by atoms with Crippen molar-refractivity contribution < 1.29 is 18.3 Å². The fourth-order valence-corrected chi connectivity index (χ4v) is 3.07. The van der Waals surface area contributed by atoms with Gasteiger partial charge in [0, 0.05) is 18.4 Å². The second-order valence-corrected chi connectivity index (χ2v) is 5.84. The number of carbonyl (C=O) groups is 1. The highest BCUT2D eigenvalue weighted by Crippen LogP contribution is 2.27. The predicted octanol–water partition coefficient (Wildman–Crippen LogP) is 3.29. The van der Waals surface area contributed by atoms with Gasteiger partial charge in [-0.15, -0.1) is 10.2 Å². The summed E-state index contributed by atoms with van der Waals surface area (Å²) in [4.78, 5) is 11.6. The van der Waals surface area contributed by atoms with Gasteiger partial charge in [0.2, 0.25) is 5.76 Å². The molecular weight excluding hydrogens is 333 g/mol. The van der Waals surface area contributed by atoms with E-state index in [-0.39, 0.29) is 11.6 Å². The molecule has 2 aromatic heterocycles. The number of nitrogens with zero attached hydrogens (tertiary/aromatic N) is 3. The quantitative estimate of drug-likeness (QED) is 0.521. The van der Waals surface area contributed by atoms with Crippen LogP contribution in [0.2, 0.25) is 0 Å². The highest BCUT2D eigenvalue weighted by molar-refractivity contribution is 7.98. The maximum Gasteiger partial charge on any atom is 0.374 e. The van der Waals surface area contributed by atoms with Crippen LogP contribution in [-0.4, -0.2) is 27.8 Å². The maximum atomic E-state index is 13.9. The van der Waals surface area contributed by atoms with Crippen LogP contribution in [0.25, 0.3) is 11.4 Å². The maximum absolute atomic E-state index is 13.9. The summed E-state index contributed by atoms with van der Waals surface area (Å²) in [5, 5.41) is 8.75. The van der Waals surface area contributed by atoms with E-state index in [0.717, 1.165) is 0 Å². The number of esters is 1. The van der Waals surface area contributed by atoms with Crippen molar-refractivity contribution in [3.8, 4) is 11.4 Å². The molecule has 6 nitrogen and oxygen atoms in total. The van der Waals surface area contributed by atoms with Gasteiger partial charge >= 0.3 is 5.97 Å². The largest absolute Gasteiger partial charge is 0.463 e. The smallest absolute Gasteiger partial charge is 0.374 e. The van der Waals surface area contributed by atoms with Crippen molar-refractivity contribution in [2.75, 3.05) is 7.11 Å². The third-order valence-corrected chi connectivity index (χ3v) is 4.49. The Labute approximate surface area is 141 Å². The fraction of sp³-hybridized carbons (Fsp3) is 0.188. The van der Waals surface area contributed by atoms with Crippen LogP contribution >= 0.6 is 11.8 Å². The molecule has 124 valence electrons. The van der Waals surface area contributed by atoms with E-state index in [1.165, 1.54) is 31.2 Å². The van der Waals surface area contributed by atoms with Crippen molar-refractivity contribution in [3.63, 3.8) is 0 Å². The molecule has 8 heteroatoms. The number of carbonyl (C=O) groups excluding carboxylic acids is 1. The Morgan fingerprint density at radius 1 is 1.33 bits per heavy atom. The van der Waals surface area contributed by atoms with Crippen LogP contribution in [0.1, 0.15) is 16.1 Å². The normalized spacial score (nSPS) is 10.8. The summed E-state index contributed by atoms with van der Waals surface area (Å²) >= 11 is 1.37. The van der Waals surface area contributed by atoms with Crippen LogP contribution < -0.4 is 0 Å². The van der Waals surface area contributed by atoms with Crippen LogP contribution in [0.4, 0.5) is 4.39 Å². The minimum absolute atomic E-state index is 0.168. The molecule has 3 rings (SSSR count). The number of hydrogen-bond donors (Lipinski definition) is 0. The summed E-state index contributed by atoms with van der Waals surface area (Å²) in [5.41, 5.74) is 1.08. The Morgan fingerprint density at radius 3 is 2.88 bits per heavy atom. The molecule has 1 aromatic carbocycles. The van der Waals surface area contributed by atoms with Gasteiger partial charge in [-0.1, -0.05) is 23.9 Å². The molecular formula is C16H14FN3O3S. The molecule has 0 unspecified atom stereocenters. The highest BCUT2D eigenvalue weighted by atomic mass is 32.2. The van der Waals surface area contributed by atoms with Gasteiger partial charge < -0.3 is 13.7 Å². The monoisotopic (exact) mass is 347 g/mol. The average Bonchev–Trinajstić information content (AvgIpc) is 3.20. The lowest BCUT2D eigenvalue weighted by atomic mass is 10.2. The van der Waals surface area contributed by atoms with E-state index in [0.29, 0.717) is 27.9 Å². The third-order valence-electron chi connectivity index (χ3n) is 3.42. The van der Waals surface area contributed by atoms with Gasteiger partial charge in [-0.3, -0.25) is 0 Å². The van der Waals surface area contributed by atoms with Crippen LogP contribution in [0.5, 0.6) is 0 Å². The number of benzene rings is 1. The van der Waals surface area contributed by atoms with Gasteiger partial charge in [-0.05, 0) is 18.2 Å². The Kier molecular flexibility index (Phi) is 4.66. The first-order valence-electron chi connectivity index (χ1n) is 7.03. The summed E-state index contributed by atoms with van der Waals surface area (Å²) in [6.07, 6.45) is 1.43. The number of halogens is 1. The molecule has 3 aromatic rings. The zero-order chi connectivity index (χ0) is 17.1. The summed E-state index contributed by atoms with van der Waals surface area (Å²) in [7, 11) is 3.06. The summed E-state index contributed by atoms with van der Waals surface area (Å²) < 4.78 is 25.4. The highest BCUT2D eigenvalue weighted by Gasteiger charge is 2.18. The summed E-state index contributed by atoms with van der Waals surface area (Å²) in [6.45, 7) is 0. The van der Waals surface area contributed by atoms with Gasteiger partial charge in [0.05, 0.1) is 18.9 Å². The fourth-order valence-electron chi connectivity index (χ4n) is 2.18. The van der Waals surface area contributed by atoms with Gasteiger partial charge in [0.1, 0.15) is 5.82 Å². The van der Waals surface area contributed by atoms with Crippen molar-refractivity contribution in [1.82, 2.24) is 14.8 Å². The van der Waals surface area contributed by atoms with E-state index in [4.69, 9.17) is 4.42 Å². The van der Waals surface area contributed by atoms with Crippen molar-refractivity contribution in [2.45, 2.75) is 10.9 Å². The molecule has 24 heavy (non-hydrogen) atoms. The van der Waals surface area contributed by atoms with E-state index >= 15 is 0 Å². The molecule has 0 bridgehead atoms. The second kappa shape index (κ2) is 6.88. The Bertz CT molecular complexity index is 875. The topological polar surface area (TPSA) is 70.2 Å². The average molecular weight is 347 g/mol. The predicted molar refractivity (Wildman–Crippen MR) is 86.0 cm³/mol. The summed E-state index contributed by atoms with van der Waals surface area (Å²) in [5.74, 6) is 0.176. The number of rotatable bonds is 5. The number of aromatic nitrogens is 3. The SMILES string of the molecule is COC(=O)c1occc1CSc1nnc(-c2ccccc2F)n1C. The number of methoxy groups -OCH3 is 1. The molecule has 0 saturated heterocycles. The molecule has 0 spiro atoms. The number of thioether (sulfide) groups is 1. The molecule has 0 fully saturated rings. The van der Waals surface area contributed by atoms with E-state index in [9.17, 15) is 9.18 Å². The second-order valence-electron chi connectivity index (χ2n) is 4.90. The first-order valence-corrected chi connectivity index (χ1v) is 8.02. The number of furan rings is 1. The molecule has 0 N–H and O–H groups in total. The molecule has 0 aliphatic rings. The van der Waals surface area contributed by atoms with E-state index < -0.39 is 5.97 Å². The van der Waals surface area contributed by atoms with Crippen molar-refractivity contribution >= 4 is 17.7 Å². The first-order chi connectivity index (χ1) is 11.6. The van der Waals surface area contributed by atoms with Crippen LogP contribution in [0.3, 0.4) is 0 Å². The molecule has 0 saturated carbocycles. The zero-order valence-electron chi connectivity index (χ0n) is 13.0. The van der Waals surface area contributed by atoms with Crippen LogP contribution in [0.15, 0.2) is 46.2 Å². The van der Waals surface area contributed by atoms with Gasteiger partial charge in [0.15, 0.2) is 11.0 Å². The lowest BCUT2D eigenvalue weighted by Crippen LogP contribution is -2.02. The molecule has 0 amide bonds. The minimum Gasteiger partial charge on any atom is -0.463 e. The zero-order valence-corrected chi connectivity index (χ0v) is 13.8. The van der Waals surface area contributed by atoms with Crippen molar-refractivity contribution in [1.29, 1.82) is 0 Å². The molecule has 0 atom stereocenters. The Balaban J connectivity index is 1.80. The van der Waals surface area contributed by atoms with E-state index in [1.807, 2.05) is 0 Å². The van der Waals surface area contributed by atoms with Crippen molar-refractivity contribution in [3.05, 3.63) is 53.7 Å². The molecule has 2 heterocycles. The lowest BCUT2D eigenvalue weighted by Gasteiger charge is -2.05. The number of hydrogen-bond acceptors (Lipinski definition) is 6. The third kappa shape index (κ3) is 3.05. The van der Waals surface area contributed by atoms with Gasteiger partial charge in [-0.25, -0.2) is 9.18 Å². The number of ether oxygens (including phenoxy) is 1. The van der Waals surface area contributed by atoms with Crippen molar-refractivity contribution in [2.24, 2.45) is 7.05 Å². The Hall–Kier alpha value is -2.61. The van der Waals surface area contributed by atoms with Crippen LogP contribution in [-0.2, 0) is 17.5 Å². The van der Waals surface area contributed by atoms with Gasteiger partial charge in [0.25, 0.3) is 0 Å². The van der Waals surface area contributed by atoms with E-state index in [1.54, 1.807) is 35.9 Å². The van der Waals surface area contributed by atoms with E-state index in [2.05, 4.69) is 14.9 Å². The minimum atomic E-state index is -0.527. The van der Waals surface area contributed by atoms with Gasteiger partial charge in [-0.2, -0.15) is 0 Å². The molecule has 0 aliphatic carbocycles.